The standard InChI is InChI=1S/C21H19N3O/c1-13-21(24-20(22)25-13)10-15-6-4-7-17(18(15)11-21)16-9-14-5-2-3-8-19(14)23-12-16/h2-9,12-13H,10-11H2,1H3,(H2,22,24). The topological polar surface area (TPSA) is 60.5 Å². The Hall–Kier alpha value is -2.88. The fourth-order valence-electron chi connectivity index (χ4n) is 4.19. The lowest BCUT2D eigenvalue weighted by atomic mass is 9.90. The molecule has 2 atom stereocenters. The van der Waals surface area contributed by atoms with Gasteiger partial charge >= 0.3 is 0 Å². The van der Waals surface area contributed by atoms with Crippen molar-refractivity contribution in [1.82, 2.24) is 4.98 Å². The van der Waals surface area contributed by atoms with Gasteiger partial charge in [0, 0.05) is 30.0 Å². The summed E-state index contributed by atoms with van der Waals surface area (Å²) in [6.45, 7) is 2.06. The average molecular weight is 329 g/mol. The highest BCUT2D eigenvalue weighted by Gasteiger charge is 2.48. The third-order valence-corrected chi connectivity index (χ3v) is 5.54. The van der Waals surface area contributed by atoms with Crippen LogP contribution in [0.15, 0.2) is 59.7 Å². The summed E-state index contributed by atoms with van der Waals surface area (Å²) in [4.78, 5) is 9.28. The fraction of sp³-hybridized carbons (Fsp3) is 0.238. The van der Waals surface area contributed by atoms with Crippen LogP contribution in [0.2, 0.25) is 0 Å². The summed E-state index contributed by atoms with van der Waals surface area (Å²) in [5.41, 5.74) is 11.7. The van der Waals surface area contributed by atoms with Crippen LogP contribution in [0.25, 0.3) is 22.0 Å². The second-order valence-electron chi connectivity index (χ2n) is 7.03. The minimum atomic E-state index is -0.257. The first-order chi connectivity index (χ1) is 12.1. The maximum atomic E-state index is 5.84. The number of para-hydroxylation sites is 1. The smallest absolute Gasteiger partial charge is 0.282 e. The molecule has 0 radical (unpaired) electrons. The number of rotatable bonds is 1. The second-order valence-corrected chi connectivity index (χ2v) is 7.03. The van der Waals surface area contributed by atoms with E-state index in [4.69, 9.17) is 10.5 Å². The SMILES string of the molecule is CC1OC(N)=NC12Cc1cccc(-c3cnc4ccccc4c3)c1C2. The maximum Gasteiger partial charge on any atom is 0.282 e. The molecule has 2 aromatic carbocycles. The average Bonchev–Trinajstić information content (AvgIpc) is 3.12. The van der Waals surface area contributed by atoms with Gasteiger partial charge < -0.3 is 10.5 Å². The van der Waals surface area contributed by atoms with E-state index in [9.17, 15) is 0 Å². The Morgan fingerprint density at radius 1 is 1.12 bits per heavy atom. The van der Waals surface area contributed by atoms with Crippen molar-refractivity contribution < 1.29 is 4.74 Å². The van der Waals surface area contributed by atoms with Crippen LogP contribution in [0.5, 0.6) is 0 Å². The third-order valence-electron chi connectivity index (χ3n) is 5.54. The molecule has 5 rings (SSSR count). The van der Waals surface area contributed by atoms with Gasteiger partial charge in [0.05, 0.1) is 5.52 Å². The van der Waals surface area contributed by atoms with E-state index in [1.54, 1.807) is 0 Å². The monoisotopic (exact) mass is 329 g/mol. The highest BCUT2D eigenvalue weighted by Crippen LogP contribution is 2.43. The molecular formula is C21H19N3O. The van der Waals surface area contributed by atoms with Crippen LogP contribution in [-0.4, -0.2) is 22.6 Å². The molecule has 4 nitrogen and oxygen atoms in total. The van der Waals surface area contributed by atoms with Crippen LogP contribution >= 0.6 is 0 Å². The van der Waals surface area contributed by atoms with E-state index in [1.165, 1.54) is 16.7 Å². The zero-order valence-electron chi connectivity index (χ0n) is 14.1. The summed E-state index contributed by atoms with van der Waals surface area (Å²) in [5.74, 6) is 0. The molecule has 2 unspecified atom stereocenters. The van der Waals surface area contributed by atoms with Gasteiger partial charge in [-0.1, -0.05) is 36.4 Å². The van der Waals surface area contributed by atoms with Gasteiger partial charge in [0.25, 0.3) is 6.02 Å². The quantitative estimate of drug-likeness (QED) is 0.743. The summed E-state index contributed by atoms with van der Waals surface area (Å²) in [6.07, 6.45) is 3.70. The fourth-order valence-corrected chi connectivity index (χ4v) is 4.19. The van der Waals surface area contributed by atoms with Crippen molar-refractivity contribution in [2.45, 2.75) is 31.4 Å². The zero-order valence-corrected chi connectivity index (χ0v) is 14.1. The van der Waals surface area contributed by atoms with Crippen molar-refractivity contribution in [1.29, 1.82) is 0 Å². The van der Waals surface area contributed by atoms with Crippen molar-refractivity contribution in [3.05, 3.63) is 65.9 Å². The minimum Gasteiger partial charge on any atom is -0.460 e. The molecule has 25 heavy (non-hydrogen) atoms. The second kappa shape index (κ2) is 5.06. The molecule has 1 aromatic heterocycles. The molecule has 0 bridgehead atoms. The van der Waals surface area contributed by atoms with Crippen LogP contribution in [-0.2, 0) is 17.6 Å². The van der Waals surface area contributed by atoms with E-state index in [2.05, 4.69) is 47.2 Å². The first-order valence-corrected chi connectivity index (χ1v) is 8.63. The molecule has 3 aromatic rings. The first kappa shape index (κ1) is 14.5. The molecule has 124 valence electrons. The van der Waals surface area contributed by atoms with Gasteiger partial charge in [-0.15, -0.1) is 0 Å². The summed E-state index contributed by atoms with van der Waals surface area (Å²) < 4.78 is 5.65. The van der Waals surface area contributed by atoms with E-state index in [-0.39, 0.29) is 11.6 Å². The lowest BCUT2D eigenvalue weighted by Crippen LogP contribution is -2.36. The third kappa shape index (κ3) is 2.14. The molecule has 1 spiro atoms. The molecule has 4 heteroatoms. The molecule has 0 saturated carbocycles. The minimum absolute atomic E-state index is 0.00229. The highest BCUT2D eigenvalue weighted by molar-refractivity contribution is 5.84. The lowest BCUT2D eigenvalue weighted by Gasteiger charge is -2.23. The van der Waals surface area contributed by atoms with E-state index in [0.29, 0.717) is 6.02 Å². The predicted molar refractivity (Wildman–Crippen MR) is 99.5 cm³/mol. The van der Waals surface area contributed by atoms with E-state index in [0.717, 1.165) is 29.3 Å². The number of hydrogen-bond acceptors (Lipinski definition) is 4. The molecule has 0 fully saturated rings. The Balaban J connectivity index is 1.63. The normalized spacial score (nSPS) is 24.4. The summed E-state index contributed by atoms with van der Waals surface area (Å²) >= 11 is 0. The van der Waals surface area contributed by atoms with Gasteiger partial charge in [-0.05, 0) is 35.7 Å². The molecule has 1 aliphatic heterocycles. The van der Waals surface area contributed by atoms with Gasteiger partial charge in [0.2, 0.25) is 0 Å². The van der Waals surface area contributed by atoms with Gasteiger partial charge in [0.15, 0.2) is 0 Å². The number of aliphatic imine (C=N–C) groups is 1. The number of amidine groups is 1. The molecule has 0 saturated heterocycles. The molecule has 2 aliphatic rings. The van der Waals surface area contributed by atoms with Crippen LogP contribution in [0, 0.1) is 0 Å². The van der Waals surface area contributed by atoms with Crippen molar-refractivity contribution in [2.24, 2.45) is 10.7 Å². The van der Waals surface area contributed by atoms with Crippen LogP contribution in [0.3, 0.4) is 0 Å². The van der Waals surface area contributed by atoms with E-state index < -0.39 is 0 Å². The van der Waals surface area contributed by atoms with Crippen molar-refractivity contribution in [3.8, 4) is 11.1 Å². The number of hydrogen-bond donors (Lipinski definition) is 1. The van der Waals surface area contributed by atoms with Crippen LogP contribution < -0.4 is 5.73 Å². The summed E-state index contributed by atoms with van der Waals surface area (Å²) in [7, 11) is 0. The summed E-state index contributed by atoms with van der Waals surface area (Å²) in [5, 5.41) is 1.16. The van der Waals surface area contributed by atoms with Crippen molar-refractivity contribution in [3.63, 3.8) is 0 Å². The maximum absolute atomic E-state index is 5.84. The zero-order chi connectivity index (χ0) is 17.0. The van der Waals surface area contributed by atoms with E-state index in [1.807, 2.05) is 24.4 Å². The first-order valence-electron chi connectivity index (χ1n) is 8.63. The van der Waals surface area contributed by atoms with Gasteiger partial charge in [0.1, 0.15) is 11.6 Å². The number of fused-ring (bicyclic) bond motifs is 2. The number of ether oxygens (including phenoxy) is 1. The van der Waals surface area contributed by atoms with Gasteiger partial charge in [-0.25, -0.2) is 4.99 Å². The van der Waals surface area contributed by atoms with Crippen LogP contribution in [0.1, 0.15) is 18.1 Å². The Morgan fingerprint density at radius 3 is 2.84 bits per heavy atom. The number of nitrogens with zero attached hydrogens (tertiary/aromatic N) is 2. The Labute approximate surface area is 146 Å². The van der Waals surface area contributed by atoms with Gasteiger partial charge in [-0.3, -0.25) is 4.98 Å². The molecule has 2 N–H and O–H groups in total. The Bertz CT molecular complexity index is 1030. The Morgan fingerprint density at radius 2 is 2.00 bits per heavy atom. The van der Waals surface area contributed by atoms with E-state index >= 15 is 0 Å². The van der Waals surface area contributed by atoms with Crippen molar-refractivity contribution >= 4 is 16.9 Å². The molecular weight excluding hydrogens is 310 g/mol. The Kier molecular flexibility index (Phi) is 2.93. The molecule has 0 amide bonds. The molecule has 2 heterocycles. The van der Waals surface area contributed by atoms with Crippen molar-refractivity contribution in [2.75, 3.05) is 0 Å². The van der Waals surface area contributed by atoms with Gasteiger partial charge in [-0.2, -0.15) is 0 Å². The predicted octanol–water partition coefficient (Wildman–Crippen LogP) is 3.47. The molecule has 1 aliphatic carbocycles. The summed E-state index contributed by atoms with van der Waals surface area (Å²) in [6, 6.07) is 17.2. The highest BCUT2D eigenvalue weighted by atomic mass is 16.5. The number of aromatic nitrogens is 1. The number of benzene rings is 2. The number of nitrogens with two attached hydrogens (primary N) is 1. The largest absolute Gasteiger partial charge is 0.460 e. The van der Waals surface area contributed by atoms with Crippen LogP contribution in [0.4, 0.5) is 0 Å². The number of pyridine rings is 1. The lowest BCUT2D eigenvalue weighted by molar-refractivity contribution is 0.157.